The van der Waals surface area contributed by atoms with E-state index in [2.05, 4.69) is 9.59 Å². The van der Waals surface area contributed by atoms with Gasteiger partial charge in [-0.1, -0.05) is 34.3 Å². The van der Waals surface area contributed by atoms with Crippen molar-refractivity contribution in [1.82, 2.24) is 14.5 Å². The first kappa shape index (κ1) is 13.2. The largest absolute Gasteiger partial charge is 0.378 e. The van der Waals surface area contributed by atoms with Crippen molar-refractivity contribution >= 4 is 17.4 Å². The van der Waals surface area contributed by atoms with Crippen LogP contribution < -0.4 is 0 Å². The smallest absolute Gasteiger partial charge is 0.268 e. The Morgan fingerprint density at radius 2 is 1.95 bits per heavy atom. The molecule has 1 aliphatic rings. The van der Waals surface area contributed by atoms with Gasteiger partial charge in [0.2, 0.25) is 0 Å². The van der Waals surface area contributed by atoms with Gasteiger partial charge in [-0.15, -0.1) is 5.10 Å². The van der Waals surface area contributed by atoms with Crippen LogP contribution in [0.1, 0.15) is 15.2 Å². The van der Waals surface area contributed by atoms with Gasteiger partial charge in [0.05, 0.1) is 13.2 Å². The number of rotatable bonds is 2. The van der Waals surface area contributed by atoms with Gasteiger partial charge in [-0.3, -0.25) is 4.79 Å². The summed E-state index contributed by atoms with van der Waals surface area (Å²) in [6, 6.07) is 7.97. The Hall–Kier alpha value is -1.79. The summed E-state index contributed by atoms with van der Waals surface area (Å²) in [6.45, 7) is 4.48. The topological polar surface area (TPSA) is 55.3 Å². The summed E-state index contributed by atoms with van der Waals surface area (Å²) >= 11 is 1.16. The van der Waals surface area contributed by atoms with Crippen LogP contribution in [0.3, 0.4) is 0 Å². The molecule has 1 fully saturated rings. The van der Waals surface area contributed by atoms with Crippen molar-refractivity contribution < 1.29 is 9.53 Å². The van der Waals surface area contributed by atoms with Crippen molar-refractivity contribution in [2.45, 2.75) is 6.92 Å². The van der Waals surface area contributed by atoms with E-state index in [9.17, 15) is 4.79 Å². The minimum absolute atomic E-state index is 0.00104. The van der Waals surface area contributed by atoms with Gasteiger partial charge in [-0.25, -0.2) is 0 Å². The maximum absolute atomic E-state index is 12.5. The normalized spacial score (nSPS) is 15.3. The number of amides is 1. The molecule has 104 valence electrons. The van der Waals surface area contributed by atoms with E-state index in [0.29, 0.717) is 36.9 Å². The van der Waals surface area contributed by atoms with Crippen molar-refractivity contribution in [2.24, 2.45) is 0 Å². The summed E-state index contributed by atoms with van der Waals surface area (Å²) in [7, 11) is 0. The fourth-order valence-electron chi connectivity index (χ4n) is 2.14. The Balaban J connectivity index is 1.89. The summed E-state index contributed by atoms with van der Waals surface area (Å²) in [6.07, 6.45) is 0. The van der Waals surface area contributed by atoms with Gasteiger partial charge >= 0.3 is 0 Å². The van der Waals surface area contributed by atoms with E-state index in [-0.39, 0.29) is 5.91 Å². The van der Waals surface area contributed by atoms with Crippen LogP contribution in [-0.4, -0.2) is 46.7 Å². The average molecular weight is 289 g/mol. The van der Waals surface area contributed by atoms with Crippen LogP contribution >= 0.6 is 11.5 Å². The second-order valence-corrected chi connectivity index (χ2v) is 5.48. The van der Waals surface area contributed by atoms with Crippen molar-refractivity contribution in [1.29, 1.82) is 0 Å². The molecule has 0 N–H and O–H groups in total. The Morgan fingerprint density at radius 3 is 2.65 bits per heavy atom. The maximum atomic E-state index is 12.5. The highest BCUT2D eigenvalue weighted by Crippen LogP contribution is 2.25. The van der Waals surface area contributed by atoms with Crippen LogP contribution in [0, 0.1) is 6.92 Å². The van der Waals surface area contributed by atoms with E-state index in [4.69, 9.17) is 4.74 Å². The predicted octanol–water partition coefficient (Wildman–Crippen LogP) is 1.99. The number of hydrogen-bond donors (Lipinski definition) is 0. The number of hydrogen-bond acceptors (Lipinski definition) is 5. The molecule has 1 amide bonds. The fourth-order valence-corrected chi connectivity index (χ4v) is 2.80. The molecule has 5 nitrogen and oxygen atoms in total. The van der Waals surface area contributed by atoms with E-state index in [0.717, 1.165) is 17.1 Å². The highest BCUT2D eigenvalue weighted by atomic mass is 32.1. The fraction of sp³-hybridized carbons (Fsp3) is 0.357. The summed E-state index contributed by atoms with van der Waals surface area (Å²) in [5.74, 6) is -0.00104. The van der Waals surface area contributed by atoms with Gasteiger partial charge in [-0.05, 0) is 18.5 Å². The molecule has 1 aromatic heterocycles. The monoisotopic (exact) mass is 289 g/mol. The third kappa shape index (κ3) is 2.57. The average Bonchev–Trinajstić information content (AvgIpc) is 2.97. The summed E-state index contributed by atoms with van der Waals surface area (Å²) in [5, 5.41) is 4.12. The van der Waals surface area contributed by atoms with E-state index in [1.165, 1.54) is 5.56 Å². The molecule has 0 radical (unpaired) electrons. The van der Waals surface area contributed by atoms with E-state index >= 15 is 0 Å². The minimum Gasteiger partial charge on any atom is -0.378 e. The molecular formula is C14H15N3O2S. The summed E-state index contributed by atoms with van der Waals surface area (Å²) in [5.41, 5.74) is 2.78. The molecule has 1 aliphatic heterocycles. The van der Waals surface area contributed by atoms with Crippen LogP contribution in [0.15, 0.2) is 24.3 Å². The molecule has 3 rings (SSSR count). The Bertz CT molecular complexity index is 603. The van der Waals surface area contributed by atoms with Gasteiger partial charge in [0.1, 0.15) is 10.6 Å². The minimum atomic E-state index is -0.00104. The Morgan fingerprint density at radius 1 is 1.25 bits per heavy atom. The van der Waals surface area contributed by atoms with Crippen molar-refractivity contribution in [2.75, 3.05) is 26.3 Å². The zero-order valence-electron chi connectivity index (χ0n) is 11.2. The number of ether oxygens (including phenoxy) is 1. The number of carbonyl (C=O) groups excluding carboxylic acids is 1. The standard InChI is InChI=1S/C14H15N3O2S/c1-10-2-4-11(5-3-10)12-13(20-16-15-12)14(18)17-6-8-19-9-7-17/h2-5H,6-9H2,1H3. The molecule has 0 atom stereocenters. The van der Waals surface area contributed by atoms with Crippen LogP contribution in [0.4, 0.5) is 0 Å². The first-order valence-electron chi connectivity index (χ1n) is 6.52. The number of benzene rings is 1. The highest BCUT2D eigenvalue weighted by Gasteiger charge is 2.24. The summed E-state index contributed by atoms with van der Waals surface area (Å²) in [4.78, 5) is 14.9. The first-order chi connectivity index (χ1) is 9.75. The lowest BCUT2D eigenvalue weighted by atomic mass is 10.1. The van der Waals surface area contributed by atoms with E-state index in [1.807, 2.05) is 31.2 Å². The predicted molar refractivity (Wildman–Crippen MR) is 76.8 cm³/mol. The number of aryl methyl sites for hydroxylation is 1. The number of morpholine rings is 1. The quantitative estimate of drug-likeness (QED) is 0.848. The highest BCUT2D eigenvalue weighted by molar-refractivity contribution is 7.08. The molecule has 0 unspecified atom stereocenters. The summed E-state index contributed by atoms with van der Waals surface area (Å²) < 4.78 is 9.22. The molecular weight excluding hydrogens is 274 g/mol. The number of carbonyl (C=O) groups is 1. The molecule has 20 heavy (non-hydrogen) atoms. The molecule has 1 saturated heterocycles. The number of nitrogens with zero attached hydrogens (tertiary/aromatic N) is 3. The molecule has 0 spiro atoms. The lowest BCUT2D eigenvalue weighted by Crippen LogP contribution is -2.40. The van der Waals surface area contributed by atoms with Crippen molar-refractivity contribution in [3.63, 3.8) is 0 Å². The molecule has 2 aromatic rings. The Labute approximate surface area is 121 Å². The van der Waals surface area contributed by atoms with E-state index < -0.39 is 0 Å². The van der Waals surface area contributed by atoms with Gasteiger partial charge in [0.15, 0.2) is 0 Å². The lowest BCUT2D eigenvalue weighted by Gasteiger charge is -2.26. The molecule has 1 aromatic carbocycles. The molecule has 6 heteroatoms. The molecule has 0 saturated carbocycles. The molecule has 2 heterocycles. The van der Waals surface area contributed by atoms with Gasteiger partial charge in [-0.2, -0.15) is 0 Å². The maximum Gasteiger partial charge on any atom is 0.268 e. The van der Waals surface area contributed by atoms with Crippen LogP contribution in [0.2, 0.25) is 0 Å². The lowest BCUT2D eigenvalue weighted by molar-refractivity contribution is 0.0306. The van der Waals surface area contributed by atoms with Gasteiger partial charge in [0.25, 0.3) is 5.91 Å². The van der Waals surface area contributed by atoms with Gasteiger partial charge < -0.3 is 9.64 Å². The second kappa shape index (κ2) is 5.68. The third-order valence-electron chi connectivity index (χ3n) is 3.31. The van der Waals surface area contributed by atoms with Crippen LogP contribution in [0.25, 0.3) is 11.3 Å². The molecule has 0 bridgehead atoms. The van der Waals surface area contributed by atoms with Crippen molar-refractivity contribution in [3.8, 4) is 11.3 Å². The second-order valence-electron chi connectivity index (χ2n) is 4.72. The van der Waals surface area contributed by atoms with Gasteiger partial charge in [0, 0.05) is 18.7 Å². The van der Waals surface area contributed by atoms with E-state index in [1.54, 1.807) is 4.90 Å². The third-order valence-corrected chi connectivity index (χ3v) is 4.02. The zero-order valence-corrected chi connectivity index (χ0v) is 12.0. The Kier molecular flexibility index (Phi) is 3.75. The molecule has 0 aliphatic carbocycles. The zero-order chi connectivity index (χ0) is 13.9. The van der Waals surface area contributed by atoms with Crippen LogP contribution in [0.5, 0.6) is 0 Å². The number of aromatic nitrogens is 2. The first-order valence-corrected chi connectivity index (χ1v) is 7.29. The van der Waals surface area contributed by atoms with Crippen molar-refractivity contribution in [3.05, 3.63) is 34.7 Å². The van der Waals surface area contributed by atoms with Crippen LogP contribution in [-0.2, 0) is 4.74 Å². The SMILES string of the molecule is Cc1ccc(-c2nnsc2C(=O)N2CCOCC2)cc1.